The Balaban J connectivity index is 1.68. The fourth-order valence-electron chi connectivity index (χ4n) is 2.88. The van der Waals surface area contributed by atoms with E-state index in [1.165, 1.54) is 5.56 Å². The molecule has 0 spiro atoms. The molecule has 0 heterocycles. The molecule has 0 radical (unpaired) electrons. The van der Waals surface area contributed by atoms with Gasteiger partial charge in [0.2, 0.25) is 0 Å². The van der Waals surface area contributed by atoms with Gasteiger partial charge in [-0.1, -0.05) is 37.3 Å². The van der Waals surface area contributed by atoms with Crippen LogP contribution in [0.3, 0.4) is 0 Å². The number of nitrogens with one attached hydrogen (secondary N) is 2. The maximum absolute atomic E-state index is 11.7. The molecule has 0 saturated heterocycles. The Kier molecular flexibility index (Phi) is 4.83. The quantitative estimate of drug-likeness (QED) is 0.703. The maximum Gasteiger partial charge on any atom is 0.315 e. The third-order valence-corrected chi connectivity index (χ3v) is 4.05. The highest BCUT2D eigenvalue weighted by Crippen LogP contribution is 2.43. The summed E-state index contributed by atoms with van der Waals surface area (Å²) in [5, 5.41) is 14.1. The van der Waals surface area contributed by atoms with Crippen LogP contribution < -0.4 is 10.6 Å². The van der Waals surface area contributed by atoms with Gasteiger partial charge in [-0.2, -0.15) is 0 Å². The Morgan fingerprint density at radius 2 is 1.95 bits per heavy atom. The average molecular weight is 290 g/mol. The van der Waals surface area contributed by atoms with Gasteiger partial charge in [0.15, 0.2) is 0 Å². The van der Waals surface area contributed by atoms with Crippen molar-refractivity contribution in [2.24, 2.45) is 0 Å². The van der Waals surface area contributed by atoms with E-state index in [4.69, 9.17) is 5.11 Å². The minimum absolute atomic E-state index is 0.0792. The van der Waals surface area contributed by atoms with Crippen LogP contribution in [0.25, 0.3) is 0 Å². The van der Waals surface area contributed by atoms with E-state index >= 15 is 0 Å². The normalized spacial score (nSPS) is 24.0. The maximum atomic E-state index is 11.7. The van der Waals surface area contributed by atoms with Gasteiger partial charge in [-0.15, -0.1) is 0 Å². The van der Waals surface area contributed by atoms with Crippen molar-refractivity contribution in [1.29, 1.82) is 0 Å². The Hall–Kier alpha value is -2.04. The van der Waals surface area contributed by atoms with Crippen LogP contribution in [-0.4, -0.2) is 29.7 Å². The Morgan fingerprint density at radius 3 is 2.57 bits per heavy atom. The van der Waals surface area contributed by atoms with Crippen molar-refractivity contribution in [2.75, 3.05) is 6.54 Å². The van der Waals surface area contributed by atoms with Gasteiger partial charge >= 0.3 is 12.0 Å². The molecule has 3 N–H and O–H groups in total. The Bertz CT molecular complexity index is 496. The first-order chi connectivity index (χ1) is 9.99. The van der Waals surface area contributed by atoms with Crippen molar-refractivity contribution in [3.63, 3.8) is 0 Å². The average Bonchev–Trinajstić information content (AvgIpc) is 2.42. The lowest BCUT2D eigenvalue weighted by Crippen LogP contribution is -2.54. The van der Waals surface area contributed by atoms with Gasteiger partial charge in [0, 0.05) is 19.0 Å². The topological polar surface area (TPSA) is 78.4 Å². The summed E-state index contributed by atoms with van der Waals surface area (Å²) in [5.74, 6) is -0.838. The molecule has 0 aromatic heterocycles. The Labute approximate surface area is 124 Å². The molecule has 2 amide bonds. The second kappa shape index (κ2) is 6.61. The molecule has 21 heavy (non-hydrogen) atoms. The van der Waals surface area contributed by atoms with Crippen molar-refractivity contribution in [1.82, 2.24) is 10.6 Å². The zero-order valence-corrected chi connectivity index (χ0v) is 12.3. The molecule has 0 atom stereocenters. The summed E-state index contributed by atoms with van der Waals surface area (Å²) in [7, 11) is 0. The lowest BCUT2D eigenvalue weighted by atomic mass is 9.63. The van der Waals surface area contributed by atoms with Crippen LogP contribution in [0.4, 0.5) is 4.79 Å². The molecule has 1 aromatic carbocycles. The van der Waals surface area contributed by atoms with Crippen molar-refractivity contribution < 1.29 is 14.7 Å². The van der Waals surface area contributed by atoms with Gasteiger partial charge in [-0.25, -0.2) is 4.79 Å². The smallest absolute Gasteiger partial charge is 0.315 e. The summed E-state index contributed by atoms with van der Waals surface area (Å²) in [6.45, 7) is 2.60. The molecule has 0 unspecified atom stereocenters. The molecule has 1 aliphatic carbocycles. The van der Waals surface area contributed by atoms with Crippen LogP contribution >= 0.6 is 0 Å². The van der Waals surface area contributed by atoms with Crippen LogP contribution in [0, 0.1) is 0 Å². The number of aliphatic carboxylic acids is 1. The third kappa shape index (κ3) is 4.21. The monoisotopic (exact) mass is 290 g/mol. The number of hydrogen-bond acceptors (Lipinski definition) is 2. The van der Waals surface area contributed by atoms with Crippen molar-refractivity contribution in [3.8, 4) is 0 Å². The van der Waals surface area contributed by atoms with E-state index < -0.39 is 5.97 Å². The summed E-state index contributed by atoms with van der Waals surface area (Å²) in [6.07, 6.45) is 2.39. The summed E-state index contributed by atoms with van der Waals surface area (Å²) in [4.78, 5) is 22.0. The second-order valence-electron chi connectivity index (χ2n) is 5.93. The van der Waals surface area contributed by atoms with Gasteiger partial charge in [-0.05, 0) is 30.2 Å². The number of hydrogen-bond donors (Lipinski definition) is 3. The molecule has 5 nitrogen and oxygen atoms in total. The van der Waals surface area contributed by atoms with E-state index in [2.05, 4.69) is 29.7 Å². The minimum Gasteiger partial charge on any atom is -0.481 e. The molecule has 1 saturated carbocycles. The van der Waals surface area contributed by atoms with E-state index in [9.17, 15) is 9.59 Å². The first-order valence-electron chi connectivity index (χ1n) is 7.31. The largest absolute Gasteiger partial charge is 0.481 e. The van der Waals surface area contributed by atoms with Crippen LogP contribution in [0.2, 0.25) is 0 Å². The minimum atomic E-state index is -0.838. The Morgan fingerprint density at radius 1 is 1.29 bits per heavy atom. The summed E-state index contributed by atoms with van der Waals surface area (Å²) >= 11 is 0. The van der Waals surface area contributed by atoms with Gasteiger partial charge in [-0.3, -0.25) is 4.79 Å². The third-order valence-electron chi connectivity index (χ3n) is 4.05. The van der Waals surface area contributed by atoms with E-state index in [1.54, 1.807) is 0 Å². The van der Waals surface area contributed by atoms with Gasteiger partial charge < -0.3 is 15.7 Å². The van der Waals surface area contributed by atoms with Gasteiger partial charge in [0.05, 0.1) is 0 Å². The second-order valence-corrected chi connectivity index (χ2v) is 5.93. The van der Waals surface area contributed by atoms with Crippen molar-refractivity contribution in [3.05, 3.63) is 35.9 Å². The number of benzene rings is 1. The van der Waals surface area contributed by atoms with Crippen LogP contribution in [-0.2, 0) is 10.2 Å². The van der Waals surface area contributed by atoms with E-state index in [1.807, 2.05) is 18.2 Å². The fourth-order valence-corrected chi connectivity index (χ4v) is 2.88. The van der Waals surface area contributed by atoms with E-state index in [0.717, 1.165) is 12.8 Å². The highest BCUT2D eigenvalue weighted by atomic mass is 16.4. The van der Waals surface area contributed by atoms with Crippen LogP contribution in [0.15, 0.2) is 30.3 Å². The number of carbonyl (C=O) groups is 2. The van der Waals surface area contributed by atoms with E-state index in [0.29, 0.717) is 13.0 Å². The fraction of sp³-hybridized carbons (Fsp3) is 0.500. The first kappa shape index (κ1) is 15.4. The van der Waals surface area contributed by atoms with Crippen LogP contribution in [0.1, 0.15) is 38.2 Å². The molecule has 0 bridgehead atoms. The molecule has 1 fully saturated rings. The van der Waals surface area contributed by atoms with Gasteiger partial charge in [0.1, 0.15) is 0 Å². The highest BCUT2D eigenvalue weighted by Gasteiger charge is 2.41. The number of rotatable bonds is 6. The molecule has 2 rings (SSSR count). The number of carbonyl (C=O) groups excluding carboxylic acids is 1. The zero-order valence-electron chi connectivity index (χ0n) is 12.3. The molecule has 0 aliphatic heterocycles. The van der Waals surface area contributed by atoms with Crippen molar-refractivity contribution >= 4 is 12.0 Å². The van der Waals surface area contributed by atoms with Gasteiger partial charge in [0.25, 0.3) is 0 Å². The predicted octanol–water partition coefficient (Wildman–Crippen LogP) is 2.27. The number of urea groups is 1. The molecular weight excluding hydrogens is 268 g/mol. The SMILES string of the molecule is CC1(c2ccccc2)CC(NC(=O)NCCCC(=O)O)C1. The predicted molar refractivity (Wildman–Crippen MR) is 80.2 cm³/mol. The molecule has 5 heteroatoms. The lowest BCUT2D eigenvalue weighted by Gasteiger charge is -2.46. The molecular formula is C16H22N2O3. The first-order valence-corrected chi connectivity index (χ1v) is 7.31. The molecule has 1 aromatic rings. The summed E-state index contributed by atoms with van der Waals surface area (Å²) in [6, 6.07) is 10.3. The zero-order chi connectivity index (χ0) is 15.3. The lowest BCUT2D eigenvalue weighted by molar-refractivity contribution is -0.137. The number of amides is 2. The molecule has 1 aliphatic rings. The van der Waals surface area contributed by atoms with Crippen LogP contribution in [0.5, 0.6) is 0 Å². The number of carboxylic acid groups (broad SMARTS) is 1. The van der Waals surface area contributed by atoms with Crippen molar-refractivity contribution in [2.45, 2.75) is 44.1 Å². The summed E-state index contributed by atoms with van der Waals surface area (Å²) in [5.41, 5.74) is 1.45. The highest BCUT2D eigenvalue weighted by molar-refractivity contribution is 5.74. The molecule has 114 valence electrons. The van der Waals surface area contributed by atoms with E-state index in [-0.39, 0.29) is 23.9 Å². The number of carboxylic acids is 1. The standard InChI is InChI=1S/C16H22N2O3/c1-16(12-6-3-2-4-7-12)10-13(11-16)18-15(21)17-9-5-8-14(19)20/h2-4,6-7,13H,5,8-11H2,1H3,(H,19,20)(H2,17,18,21). The summed E-state index contributed by atoms with van der Waals surface area (Å²) < 4.78 is 0.